The Morgan fingerprint density at radius 2 is 2.11 bits per heavy atom. The molecule has 0 amide bonds. The number of carbonyl (C=O) groups is 1. The molecule has 0 spiro atoms. The van der Waals surface area contributed by atoms with Gasteiger partial charge in [0.15, 0.2) is 5.78 Å². The highest BCUT2D eigenvalue weighted by atomic mass is 32.2. The number of Topliss-reactive ketones (excluding diaryl/α,β-unsaturated/α-hetero) is 1. The molecule has 0 heterocycles. The van der Waals surface area contributed by atoms with Crippen LogP contribution in [0.25, 0.3) is 0 Å². The Labute approximate surface area is 114 Å². The zero-order chi connectivity index (χ0) is 14.3. The van der Waals surface area contributed by atoms with Crippen LogP contribution < -0.4 is 4.72 Å². The van der Waals surface area contributed by atoms with Crippen molar-refractivity contribution < 1.29 is 13.2 Å². The van der Waals surface area contributed by atoms with Gasteiger partial charge in [-0.3, -0.25) is 4.79 Å². The van der Waals surface area contributed by atoms with E-state index in [-0.39, 0.29) is 10.7 Å². The van der Waals surface area contributed by atoms with Gasteiger partial charge in [-0.15, -0.1) is 0 Å². The Balaban J connectivity index is 2.86. The topological polar surface area (TPSA) is 63.2 Å². The lowest BCUT2D eigenvalue weighted by Crippen LogP contribution is -2.24. The number of rotatable bonds is 7. The van der Waals surface area contributed by atoms with Gasteiger partial charge in [0.25, 0.3) is 0 Å². The summed E-state index contributed by atoms with van der Waals surface area (Å²) in [5, 5.41) is 0. The van der Waals surface area contributed by atoms with Gasteiger partial charge in [0.2, 0.25) is 10.0 Å². The highest BCUT2D eigenvalue weighted by Crippen LogP contribution is 2.13. The molecule has 0 aromatic heterocycles. The second kappa shape index (κ2) is 7.21. The molecule has 1 aromatic carbocycles. The van der Waals surface area contributed by atoms with Gasteiger partial charge in [-0.05, 0) is 25.5 Å². The van der Waals surface area contributed by atoms with Gasteiger partial charge >= 0.3 is 0 Å². The molecule has 0 unspecified atom stereocenters. The van der Waals surface area contributed by atoms with Gasteiger partial charge < -0.3 is 0 Å². The number of carbonyl (C=O) groups excluding carboxylic acids is 1. The SMILES string of the molecule is C/C=C/CCNS(=O)(=O)c1cccc(C(=O)CC)c1. The summed E-state index contributed by atoms with van der Waals surface area (Å²) in [6.45, 7) is 3.98. The Kier molecular flexibility index (Phi) is 5.92. The van der Waals surface area contributed by atoms with Crippen molar-refractivity contribution in [3.05, 3.63) is 42.0 Å². The second-order valence-electron chi connectivity index (χ2n) is 4.06. The molecule has 0 aliphatic carbocycles. The summed E-state index contributed by atoms with van der Waals surface area (Å²) in [6.07, 6.45) is 4.76. The lowest BCUT2D eigenvalue weighted by atomic mass is 10.1. The van der Waals surface area contributed by atoms with Crippen LogP contribution >= 0.6 is 0 Å². The summed E-state index contributed by atoms with van der Waals surface area (Å²) in [5.74, 6) is -0.0639. The Morgan fingerprint density at radius 1 is 1.37 bits per heavy atom. The molecule has 0 fully saturated rings. The van der Waals surface area contributed by atoms with E-state index in [9.17, 15) is 13.2 Å². The third-order valence-corrected chi connectivity index (χ3v) is 4.08. The van der Waals surface area contributed by atoms with E-state index < -0.39 is 10.0 Å². The van der Waals surface area contributed by atoms with Gasteiger partial charge in [-0.1, -0.05) is 31.2 Å². The van der Waals surface area contributed by atoms with Crippen LogP contribution in [0.1, 0.15) is 37.0 Å². The van der Waals surface area contributed by atoms with E-state index in [4.69, 9.17) is 0 Å². The standard InChI is InChI=1S/C14H19NO3S/c1-3-5-6-10-15-19(17,18)13-9-7-8-12(11-13)14(16)4-2/h3,5,7-9,11,15H,4,6,10H2,1-2H3/b5-3+. The molecule has 0 saturated heterocycles. The predicted molar refractivity (Wildman–Crippen MR) is 75.7 cm³/mol. The third-order valence-electron chi connectivity index (χ3n) is 2.63. The molecule has 0 aliphatic heterocycles. The highest BCUT2D eigenvalue weighted by Gasteiger charge is 2.14. The minimum atomic E-state index is -3.54. The summed E-state index contributed by atoms with van der Waals surface area (Å²) >= 11 is 0. The quantitative estimate of drug-likeness (QED) is 0.474. The number of benzene rings is 1. The predicted octanol–water partition coefficient (Wildman–Crippen LogP) is 2.52. The lowest BCUT2D eigenvalue weighted by Gasteiger charge is -2.07. The monoisotopic (exact) mass is 281 g/mol. The number of allylic oxidation sites excluding steroid dienone is 1. The normalized spacial score (nSPS) is 11.9. The summed E-state index contributed by atoms with van der Waals surface area (Å²) in [5.41, 5.74) is 0.429. The van der Waals surface area contributed by atoms with Crippen molar-refractivity contribution in [2.24, 2.45) is 0 Å². The van der Waals surface area contributed by atoms with Crippen molar-refractivity contribution in [2.45, 2.75) is 31.6 Å². The first kappa shape index (κ1) is 15.6. The van der Waals surface area contributed by atoms with Crippen LogP contribution in [0.2, 0.25) is 0 Å². The zero-order valence-electron chi connectivity index (χ0n) is 11.2. The highest BCUT2D eigenvalue weighted by molar-refractivity contribution is 7.89. The van der Waals surface area contributed by atoms with Crippen molar-refractivity contribution >= 4 is 15.8 Å². The molecule has 4 nitrogen and oxygen atoms in total. The zero-order valence-corrected chi connectivity index (χ0v) is 12.0. The minimum absolute atomic E-state index is 0.0639. The van der Waals surface area contributed by atoms with E-state index in [0.29, 0.717) is 24.9 Å². The van der Waals surface area contributed by atoms with Crippen molar-refractivity contribution in [3.63, 3.8) is 0 Å². The fourth-order valence-electron chi connectivity index (χ4n) is 1.57. The number of hydrogen-bond acceptors (Lipinski definition) is 3. The van der Waals surface area contributed by atoms with Gasteiger partial charge in [-0.25, -0.2) is 13.1 Å². The molecule has 1 aromatic rings. The van der Waals surface area contributed by atoms with Crippen molar-refractivity contribution in [2.75, 3.05) is 6.54 Å². The van der Waals surface area contributed by atoms with Crippen molar-refractivity contribution in [3.8, 4) is 0 Å². The molecule has 19 heavy (non-hydrogen) atoms. The smallest absolute Gasteiger partial charge is 0.240 e. The molecule has 0 saturated carbocycles. The van der Waals surface area contributed by atoms with Gasteiger partial charge in [0, 0.05) is 18.5 Å². The van der Waals surface area contributed by atoms with Crippen LogP contribution in [-0.4, -0.2) is 20.7 Å². The Morgan fingerprint density at radius 3 is 2.74 bits per heavy atom. The Bertz CT molecular complexity index is 562. The van der Waals surface area contributed by atoms with E-state index in [1.54, 1.807) is 19.1 Å². The minimum Gasteiger partial charge on any atom is -0.294 e. The van der Waals surface area contributed by atoms with Crippen molar-refractivity contribution in [1.29, 1.82) is 0 Å². The number of ketones is 1. The van der Waals surface area contributed by atoms with E-state index in [1.807, 2.05) is 19.1 Å². The van der Waals surface area contributed by atoms with E-state index in [1.165, 1.54) is 12.1 Å². The fraction of sp³-hybridized carbons (Fsp3) is 0.357. The maximum Gasteiger partial charge on any atom is 0.240 e. The molecule has 1 rings (SSSR count). The lowest BCUT2D eigenvalue weighted by molar-refractivity contribution is 0.0988. The van der Waals surface area contributed by atoms with Gasteiger partial charge in [0.1, 0.15) is 0 Å². The molecule has 0 bridgehead atoms. The first-order valence-electron chi connectivity index (χ1n) is 6.25. The summed E-state index contributed by atoms with van der Waals surface area (Å²) in [7, 11) is -3.54. The summed E-state index contributed by atoms with van der Waals surface area (Å²) in [4.78, 5) is 11.7. The average Bonchev–Trinajstić information content (AvgIpc) is 2.43. The third kappa shape index (κ3) is 4.61. The van der Waals surface area contributed by atoms with Crippen LogP contribution in [0, 0.1) is 0 Å². The van der Waals surface area contributed by atoms with Crippen LogP contribution in [0.5, 0.6) is 0 Å². The summed E-state index contributed by atoms with van der Waals surface area (Å²) < 4.78 is 26.5. The number of sulfonamides is 1. The summed E-state index contributed by atoms with van der Waals surface area (Å²) in [6, 6.07) is 6.13. The molecule has 0 aliphatic rings. The molecule has 1 N–H and O–H groups in total. The second-order valence-corrected chi connectivity index (χ2v) is 5.83. The first-order chi connectivity index (χ1) is 9.01. The first-order valence-corrected chi connectivity index (χ1v) is 7.73. The molecular formula is C14H19NO3S. The average molecular weight is 281 g/mol. The molecule has 0 radical (unpaired) electrons. The van der Waals surface area contributed by atoms with E-state index >= 15 is 0 Å². The van der Waals surface area contributed by atoms with Crippen molar-refractivity contribution in [1.82, 2.24) is 4.72 Å². The molecular weight excluding hydrogens is 262 g/mol. The van der Waals surface area contributed by atoms with Crippen LogP contribution in [-0.2, 0) is 10.0 Å². The molecule has 5 heteroatoms. The van der Waals surface area contributed by atoms with Gasteiger partial charge in [0.05, 0.1) is 4.90 Å². The van der Waals surface area contributed by atoms with Crippen LogP contribution in [0.3, 0.4) is 0 Å². The van der Waals surface area contributed by atoms with E-state index in [0.717, 1.165) is 0 Å². The number of nitrogens with one attached hydrogen (secondary N) is 1. The maximum atomic E-state index is 12.0. The largest absolute Gasteiger partial charge is 0.294 e. The number of hydrogen-bond donors (Lipinski definition) is 1. The molecule has 104 valence electrons. The maximum absolute atomic E-state index is 12.0. The van der Waals surface area contributed by atoms with Gasteiger partial charge in [-0.2, -0.15) is 0 Å². The molecule has 0 atom stereocenters. The van der Waals surface area contributed by atoms with Crippen LogP contribution in [0.15, 0.2) is 41.3 Å². The Hall–Kier alpha value is -1.46. The fourth-order valence-corrected chi connectivity index (χ4v) is 2.66. The van der Waals surface area contributed by atoms with E-state index in [2.05, 4.69) is 4.72 Å². The van der Waals surface area contributed by atoms with Crippen LogP contribution in [0.4, 0.5) is 0 Å².